The van der Waals surface area contributed by atoms with E-state index in [0.717, 1.165) is 6.07 Å². The summed E-state index contributed by atoms with van der Waals surface area (Å²) >= 11 is 2.96. The molecule has 1 aliphatic heterocycles. The topological polar surface area (TPSA) is 49.9 Å². The van der Waals surface area contributed by atoms with Crippen molar-refractivity contribution in [3.05, 3.63) is 33.8 Å². The van der Waals surface area contributed by atoms with Crippen molar-refractivity contribution in [1.29, 1.82) is 0 Å². The summed E-state index contributed by atoms with van der Waals surface area (Å²) in [6.45, 7) is 7.92. The molecule has 0 aromatic heterocycles. The molecule has 0 unspecified atom stereocenters. The molecule has 0 aliphatic carbocycles. The number of ether oxygens (including phenoxy) is 1. The minimum absolute atomic E-state index is 0.0253. The molecule has 25 heavy (non-hydrogen) atoms. The predicted molar refractivity (Wildman–Crippen MR) is 92.4 cm³/mol. The number of piperazine rings is 1. The molecule has 0 bridgehead atoms. The summed E-state index contributed by atoms with van der Waals surface area (Å²) in [5.74, 6) is -2.21. The Morgan fingerprint density at radius 1 is 1.20 bits per heavy atom. The number of halogens is 3. The van der Waals surface area contributed by atoms with Crippen molar-refractivity contribution in [3.63, 3.8) is 0 Å². The van der Waals surface area contributed by atoms with E-state index in [1.807, 2.05) is 0 Å². The Bertz CT molecular complexity index is 691. The number of amides is 2. The molecule has 5 nitrogen and oxygen atoms in total. The van der Waals surface area contributed by atoms with E-state index in [-0.39, 0.29) is 35.7 Å². The molecule has 138 valence electrons. The summed E-state index contributed by atoms with van der Waals surface area (Å²) in [6.07, 6.45) is -0.442. The van der Waals surface area contributed by atoms with E-state index in [0.29, 0.717) is 6.07 Å². The van der Waals surface area contributed by atoms with Gasteiger partial charge in [-0.3, -0.25) is 4.79 Å². The average molecular weight is 419 g/mol. The zero-order chi connectivity index (χ0) is 18.9. The van der Waals surface area contributed by atoms with E-state index < -0.39 is 29.2 Å². The molecule has 0 spiro atoms. The van der Waals surface area contributed by atoms with Crippen LogP contribution in [0.4, 0.5) is 13.6 Å². The van der Waals surface area contributed by atoms with Crippen LogP contribution < -0.4 is 0 Å². The predicted octanol–water partition coefficient (Wildman–Crippen LogP) is 3.81. The first-order valence-electron chi connectivity index (χ1n) is 7.93. The molecule has 1 aromatic rings. The normalized spacial score (nSPS) is 18.3. The molecule has 1 fully saturated rings. The molecule has 1 saturated heterocycles. The number of nitrogens with zero attached hydrogens (tertiary/aromatic N) is 2. The van der Waals surface area contributed by atoms with Gasteiger partial charge in [-0.05, 0) is 49.7 Å². The highest BCUT2D eigenvalue weighted by Crippen LogP contribution is 2.23. The Balaban J connectivity index is 2.10. The summed E-state index contributed by atoms with van der Waals surface area (Å²) in [7, 11) is 0. The molecule has 1 heterocycles. The van der Waals surface area contributed by atoms with Gasteiger partial charge in [-0.2, -0.15) is 0 Å². The number of hydrogen-bond acceptors (Lipinski definition) is 3. The standard InChI is InChI=1S/C17H21BrF2N2O3/c1-10-9-21(16(24)25-17(2,3)4)5-6-22(10)15(23)11-7-12(18)14(20)8-13(11)19/h7-8,10H,5-6,9H2,1-4H3/t10-/m0/s1. The molecule has 2 rings (SSSR count). The van der Waals surface area contributed by atoms with Crippen LogP contribution >= 0.6 is 15.9 Å². The molecular weight excluding hydrogens is 398 g/mol. The van der Waals surface area contributed by atoms with Gasteiger partial charge in [0.2, 0.25) is 0 Å². The summed E-state index contributed by atoms with van der Waals surface area (Å²) in [5, 5.41) is 0. The van der Waals surface area contributed by atoms with E-state index in [1.165, 1.54) is 9.80 Å². The van der Waals surface area contributed by atoms with Crippen LogP contribution in [0, 0.1) is 11.6 Å². The zero-order valence-corrected chi connectivity index (χ0v) is 16.2. The van der Waals surface area contributed by atoms with E-state index >= 15 is 0 Å². The first-order valence-corrected chi connectivity index (χ1v) is 8.72. The van der Waals surface area contributed by atoms with Gasteiger partial charge in [0.15, 0.2) is 0 Å². The molecule has 1 aliphatic rings. The van der Waals surface area contributed by atoms with Crippen molar-refractivity contribution < 1.29 is 23.1 Å². The van der Waals surface area contributed by atoms with Crippen LogP contribution in [0.3, 0.4) is 0 Å². The zero-order valence-electron chi connectivity index (χ0n) is 14.6. The van der Waals surface area contributed by atoms with Gasteiger partial charge >= 0.3 is 6.09 Å². The second-order valence-corrected chi connectivity index (χ2v) is 7.87. The number of carbonyl (C=O) groups excluding carboxylic acids is 2. The average Bonchev–Trinajstić information content (AvgIpc) is 2.48. The lowest BCUT2D eigenvalue weighted by molar-refractivity contribution is 0.00606. The monoisotopic (exact) mass is 418 g/mol. The Kier molecular flexibility index (Phi) is 5.71. The minimum Gasteiger partial charge on any atom is -0.444 e. The van der Waals surface area contributed by atoms with Crippen LogP contribution in [0.2, 0.25) is 0 Å². The van der Waals surface area contributed by atoms with Gasteiger partial charge in [0.25, 0.3) is 5.91 Å². The highest BCUT2D eigenvalue weighted by Gasteiger charge is 2.33. The van der Waals surface area contributed by atoms with Crippen LogP contribution in [-0.2, 0) is 4.74 Å². The third kappa shape index (κ3) is 4.68. The molecule has 2 amide bonds. The van der Waals surface area contributed by atoms with E-state index in [2.05, 4.69) is 15.9 Å². The van der Waals surface area contributed by atoms with Gasteiger partial charge in [0.05, 0.1) is 10.0 Å². The van der Waals surface area contributed by atoms with Gasteiger partial charge in [0, 0.05) is 31.7 Å². The Morgan fingerprint density at radius 2 is 1.84 bits per heavy atom. The van der Waals surface area contributed by atoms with Crippen molar-refractivity contribution in [3.8, 4) is 0 Å². The molecule has 0 N–H and O–H groups in total. The van der Waals surface area contributed by atoms with Crippen LogP contribution in [-0.4, -0.2) is 53.1 Å². The summed E-state index contributed by atoms with van der Waals surface area (Å²) in [6, 6.07) is 1.50. The van der Waals surface area contributed by atoms with Crippen LogP contribution in [0.15, 0.2) is 16.6 Å². The maximum absolute atomic E-state index is 14.0. The lowest BCUT2D eigenvalue weighted by atomic mass is 10.1. The SMILES string of the molecule is C[C@H]1CN(C(=O)OC(C)(C)C)CCN1C(=O)c1cc(Br)c(F)cc1F. The fourth-order valence-electron chi connectivity index (χ4n) is 2.59. The maximum atomic E-state index is 14.0. The number of benzene rings is 1. The first-order chi connectivity index (χ1) is 11.5. The summed E-state index contributed by atoms with van der Waals surface area (Å²) in [4.78, 5) is 27.7. The van der Waals surface area contributed by atoms with Gasteiger partial charge in [-0.25, -0.2) is 13.6 Å². The fourth-order valence-corrected chi connectivity index (χ4v) is 2.94. The molecule has 0 radical (unpaired) electrons. The van der Waals surface area contributed by atoms with Crippen LogP contribution in [0.25, 0.3) is 0 Å². The van der Waals surface area contributed by atoms with Gasteiger partial charge in [-0.1, -0.05) is 0 Å². The third-order valence-electron chi connectivity index (χ3n) is 3.78. The molecule has 1 atom stereocenters. The second-order valence-electron chi connectivity index (χ2n) is 7.02. The third-order valence-corrected chi connectivity index (χ3v) is 4.39. The fraction of sp³-hybridized carbons (Fsp3) is 0.529. The van der Waals surface area contributed by atoms with Crippen molar-refractivity contribution >= 4 is 27.9 Å². The lowest BCUT2D eigenvalue weighted by Gasteiger charge is -2.40. The van der Waals surface area contributed by atoms with Crippen LogP contribution in [0.1, 0.15) is 38.1 Å². The highest BCUT2D eigenvalue weighted by molar-refractivity contribution is 9.10. The largest absolute Gasteiger partial charge is 0.444 e. The first kappa shape index (κ1) is 19.6. The van der Waals surface area contributed by atoms with Gasteiger partial charge in [-0.15, -0.1) is 0 Å². The summed E-state index contributed by atoms with van der Waals surface area (Å²) in [5.41, 5.74) is -0.803. The van der Waals surface area contributed by atoms with Gasteiger partial charge < -0.3 is 14.5 Å². The van der Waals surface area contributed by atoms with Crippen molar-refractivity contribution in [2.45, 2.75) is 39.3 Å². The maximum Gasteiger partial charge on any atom is 0.410 e. The quantitative estimate of drug-likeness (QED) is 0.651. The second kappa shape index (κ2) is 7.27. The Labute approximate surface area is 154 Å². The molecular formula is C17H21BrF2N2O3. The van der Waals surface area contributed by atoms with E-state index in [4.69, 9.17) is 4.74 Å². The van der Waals surface area contributed by atoms with Gasteiger partial charge in [0.1, 0.15) is 17.2 Å². The van der Waals surface area contributed by atoms with Crippen LogP contribution in [0.5, 0.6) is 0 Å². The number of hydrogen-bond donors (Lipinski definition) is 0. The highest BCUT2D eigenvalue weighted by atomic mass is 79.9. The number of rotatable bonds is 1. The summed E-state index contributed by atoms with van der Waals surface area (Å²) < 4.78 is 32.7. The molecule has 1 aromatic carbocycles. The van der Waals surface area contributed by atoms with E-state index in [9.17, 15) is 18.4 Å². The Hall–Kier alpha value is -1.70. The van der Waals surface area contributed by atoms with E-state index in [1.54, 1.807) is 27.7 Å². The minimum atomic E-state index is -0.910. The van der Waals surface area contributed by atoms with Crippen molar-refractivity contribution in [2.75, 3.05) is 19.6 Å². The molecule has 8 heteroatoms. The Morgan fingerprint density at radius 3 is 2.40 bits per heavy atom. The lowest BCUT2D eigenvalue weighted by Crippen LogP contribution is -2.56. The number of carbonyl (C=O) groups is 2. The smallest absolute Gasteiger partial charge is 0.410 e. The van der Waals surface area contributed by atoms with Crippen molar-refractivity contribution in [1.82, 2.24) is 9.80 Å². The molecule has 0 saturated carbocycles. The van der Waals surface area contributed by atoms with Crippen molar-refractivity contribution in [2.24, 2.45) is 0 Å².